The van der Waals surface area contributed by atoms with E-state index in [0.717, 1.165) is 4.88 Å². The van der Waals surface area contributed by atoms with Crippen LogP contribution in [0, 0.1) is 11.8 Å². The van der Waals surface area contributed by atoms with Crippen LogP contribution in [0.25, 0.3) is 0 Å². The molecule has 2 rings (SSSR count). The van der Waals surface area contributed by atoms with E-state index in [9.17, 15) is 18.0 Å². The van der Waals surface area contributed by atoms with E-state index in [-0.39, 0.29) is 13.1 Å². The summed E-state index contributed by atoms with van der Waals surface area (Å²) >= 11 is 7.04. The van der Waals surface area contributed by atoms with Gasteiger partial charge in [0.05, 0.1) is 16.2 Å². The van der Waals surface area contributed by atoms with Crippen LogP contribution in [0.15, 0.2) is 12.1 Å². The summed E-state index contributed by atoms with van der Waals surface area (Å²) in [7, 11) is 0. The average molecular weight is 314 g/mol. The summed E-state index contributed by atoms with van der Waals surface area (Å²) < 4.78 is 38.9. The lowest BCUT2D eigenvalue weighted by Gasteiger charge is -2.18. The summed E-state index contributed by atoms with van der Waals surface area (Å²) in [5.41, 5.74) is 0. The maximum Gasteiger partial charge on any atom is 0.393 e. The summed E-state index contributed by atoms with van der Waals surface area (Å²) in [5.74, 6) is -4.59. The van der Waals surface area contributed by atoms with Crippen molar-refractivity contribution in [3.8, 4) is 0 Å². The number of carboxylic acid groups (broad SMARTS) is 1. The first-order valence-electron chi connectivity index (χ1n) is 5.53. The highest BCUT2D eigenvalue weighted by Crippen LogP contribution is 2.38. The number of nitrogens with zero attached hydrogens (tertiary/aromatic N) is 1. The summed E-state index contributed by atoms with van der Waals surface area (Å²) in [6.45, 7) is -0.0707. The minimum atomic E-state index is -4.48. The van der Waals surface area contributed by atoms with E-state index in [2.05, 4.69) is 0 Å². The van der Waals surface area contributed by atoms with E-state index in [1.54, 1.807) is 12.1 Å². The lowest BCUT2D eigenvalue weighted by molar-refractivity contribution is -0.188. The molecular weight excluding hydrogens is 303 g/mol. The molecule has 0 radical (unpaired) electrons. The van der Waals surface area contributed by atoms with E-state index in [1.165, 1.54) is 16.2 Å². The molecule has 0 aromatic carbocycles. The summed E-state index contributed by atoms with van der Waals surface area (Å²) in [5, 5.41) is 8.89. The zero-order valence-electron chi connectivity index (χ0n) is 9.65. The zero-order valence-corrected chi connectivity index (χ0v) is 11.2. The van der Waals surface area contributed by atoms with Crippen molar-refractivity contribution >= 4 is 28.9 Å². The second-order valence-corrected chi connectivity index (χ2v) is 6.29. The van der Waals surface area contributed by atoms with E-state index in [0.29, 0.717) is 10.9 Å². The van der Waals surface area contributed by atoms with E-state index < -0.39 is 24.0 Å². The summed E-state index contributed by atoms with van der Waals surface area (Å²) in [6, 6.07) is 3.41. The Morgan fingerprint density at radius 1 is 1.47 bits per heavy atom. The van der Waals surface area contributed by atoms with Gasteiger partial charge >= 0.3 is 12.1 Å². The first-order valence-corrected chi connectivity index (χ1v) is 6.73. The number of thiophene rings is 1. The minimum absolute atomic E-state index is 0.0883. The molecule has 19 heavy (non-hydrogen) atoms. The van der Waals surface area contributed by atoms with E-state index in [4.69, 9.17) is 16.7 Å². The molecule has 1 aliphatic heterocycles. The van der Waals surface area contributed by atoms with Crippen LogP contribution in [0.4, 0.5) is 13.2 Å². The fourth-order valence-electron chi connectivity index (χ4n) is 2.25. The molecule has 1 saturated heterocycles. The van der Waals surface area contributed by atoms with Crippen LogP contribution >= 0.6 is 22.9 Å². The van der Waals surface area contributed by atoms with Crippen LogP contribution < -0.4 is 0 Å². The number of halogens is 4. The van der Waals surface area contributed by atoms with Gasteiger partial charge in [0.2, 0.25) is 0 Å². The largest absolute Gasteiger partial charge is 0.481 e. The second-order valence-electron chi connectivity index (χ2n) is 4.49. The third-order valence-electron chi connectivity index (χ3n) is 3.14. The van der Waals surface area contributed by atoms with Crippen molar-refractivity contribution in [2.45, 2.75) is 12.7 Å². The van der Waals surface area contributed by atoms with Crippen LogP contribution in [0.5, 0.6) is 0 Å². The predicted octanol–water partition coefficient (Wildman–Crippen LogP) is 3.10. The molecule has 0 saturated carbocycles. The van der Waals surface area contributed by atoms with E-state index >= 15 is 0 Å². The average Bonchev–Trinajstić information content (AvgIpc) is 2.85. The third-order valence-corrected chi connectivity index (χ3v) is 4.36. The number of alkyl halides is 3. The number of aliphatic carboxylic acids is 1. The number of hydrogen-bond donors (Lipinski definition) is 1. The van der Waals surface area contributed by atoms with Gasteiger partial charge < -0.3 is 5.11 Å². The van der Waals surface area contributed by atoms with Crippen molar-refractivity contribution in [3.05, 3.63) is 21.3 Å². The van der Waals surface area contributed by atoms with Gasteiger partial charge in [-0.25, -0.2) is 0 Å². The topological polar surface area (TPSA) is 40.5 Å². The maximum atomic E-state index is 12.8. The number of carbonyl (C=O) groups is 1. The van der Waals surface area contributed by atoms with Crippen LogP contribution in [0.2, 0.25) is 4.34 Å². The normalized spacial score (nSPS) is 24.8. The molecule has 2 atom stereocenters. The van der Waals surface area contributed by atoms with Gasteiger partial charge in [0.1, 0.15) is 0 Å². The van der Waals surface area contributed by atoms with Crippen LogP contribution in [-0.4, -0.2) is 35.2 Å². The molecule has 3 nitrogen and oxygen atoms in total. The summed E-state index contributed by atoms with van der Waals surface area (Å²) in [4.78, 5) is 13.3. The standard InChI is InChI=1S/C11H11ClF3NO2S/c12-9-2-1-6(19-9)3-16-4-7(10(17)18)8(5-16)11(13,14)15/h1-2,7-8H,3-5H2,(H,17,18)/t7-,8-/m1/s1. The van der Waals surface area contributed by atoms with Crippen molar-refractivity contribution in [3.63, 3.8) is 0 Å². The van der Waals surface area contributed by atoms with Gasteiger partial charge in [-0.15, -0.1) is 11.3 Å². The SMILES string of the molecule is O=C(O)[C@@H]1CN(Cc2ccc(Cl)s2)C[C@H]1C(F)(F)F. The Kier molecular flexibility index (Phi) is 4.08. The molecule has 0 bridgehead atoms. The Balaban J connectivity index is 2.07. The molecule has 0 unspecified atom stereocenters. The highest BCUT2D eigenvalue weighted by atomic mass is 35.5. The molecule has 106 valence electrons. The van der Waals surface area contributed by atoms with Crippen LogP contribution in [0.1, 0.15) is 4.88 Å². The fourth-order valence-corrected chi connectivity index (χ4v) is 3.38. The number of hydrogen-bond acceptors (Lipinski definition) is 3. The van der Waals surface area contributed by atoms with E-state index in [1.807, 2.05) is 0 Å². The van der Waals surface area contributed by atoms with Crippen LogP contribution in [-0.2, 0) is 11.3 Å². The zero-order chi connectivity index (χ0) is 14.2. The highest BCUT2D eigenvalue weighted by Gasteiger charge is 2.52. The van der Waals surface area contributed by atoms with Gasteiger partial charge in [0.25, 0.3) is 0 Å². The van der Waals surface area contributed by atoms with Crippen molar-refractivity contribution in [1.29, 1.82) is 0 Å². The Hall–Kier alpha value is -0.790. The lowest BCUT2D eigenvalue weighted by atomic mass is 9.96. The molecule has 1 aromatic rings. The molecule has 1 aromatic heterocycles. The molecule has 1 fully saturated rings. The monoisotopic (exact) mass is 313 g/mol. The van der Waals surface area contributed by atoms with Gasteiger partial charge in [0, 0.05) is 24.5 Å². The smallest absolute Gasteiger partial charge is 0.393 e. The Labute approximate surface area is 116 Å². The molecule has 8 heteroatoms. The van der Waals surface area contributed by atoms with Crippen molar-refractivity contribution in [1.82, 2.24) is 4.90 Å². The van der Waals surface area contributed by atoms with Crippen molar-refractivity contribution < 1.29 is 23.1 Å². The minimum Gasteiger partial charge on any atom is -0.481 e. The van der Waals surface area contributed by atoms with Gasteiger partial charge in [0.15, 0.2) is 0 Å². The Bertz CT molecular complexity index is 477. The molecule has 0 spiro atoms. The molecule has 1 N–H and O–H groups in total. The Morgan fingerprint density at radius 3 is 2.58 bits per heavy atom. The summed E-state index contributed by atoms with van der Waals surface area (Å²) in [6.07, 6.45) is -4.48. The van der Waals surface area contributed by atoms with Gasteiger partial charge in [-0.1, -0.05) is 11.6 Å². The number of likely N-dealkylation sites (tertiary alicyclic amines) is 1. The lowest BCUT2D eigenvalue weighted by Crippen LogP contribution is -2.33. The first kappa shape index (κ1) is 14.6. The highest BCUT2D eigenvalue weighted by molar-refractivity contribution is 7.16. The molecule has 2 heterocycles. The second kappa shape index (κ2) is 5.30. The van der Waals surface area contributed by atoms with Gasteiger partial charge in [-0.3, -0.25) is 9.69 Å². The number of rotatable bonds is 3. The van der Waals surface area contributed by atoms with Crippen LogP contribution in [0.3, 0.4) is 0 Å². The van der Waals surface area contributed by atoms with Crippen molar-refractivity contribution in [2.24, 2.45) is 11.8 Å². The van der Waals surface area contributed by atoms with Crippen molar-refractivity contribution in [2.75, 3.05) is 13.1 Å². The number of carboxylic acids is 1. The molecule has 0 amide bonds. The molecule has 0 aliphatic carbocycles. The molecule has 1 aliphatic rings. The maximum absolute atomic E-state index is 12.8. The van der Waals surface area contributed by atoms with Gasteiger partial charge in [-0.2, -0.15) is 13.2 Å². The first-order chi connectivity index (χ1) is 8.77. The predicted molar refractivity (Wildman–Crippen MR) is 65.3 cm³/mol. The molecular formula is C11H11ClF3NO2S. The fraction of sp³-hybridized carbons (Fsp3) is 0.545. The Morgan fingerprint density at radius 2 is 2.16 bits per heavy atom. The quantitative estimate of drug-likeness (QED) is 0.932. The van der Waals surface area contributed by atoms with Gasteiger partial charge in [-0.05, 0) is 12.1 Å². The third kappa shape index (κ3) is 3.40.